The van der Waals surface area contributed by atoms with Crippen molar-refractivity contribution in [1.82, 2.24) is 5.32 Å². The van der Waals surface area contributed by atoms with E-state index in [0.717, 1.165) is 12.3 Å². The van der Waals surface area contributed by atoms with Gasteiger partial charge in [-0.3, -0.25) is 0 Å². The van der Waals surface area contributed by atoms with E-state index in [2.05, 4.69) is 60.8 Å². The molecule has 0 heterocycles. The first-order valence-corrected chi connectivity index (χ1v) is 7.67. The van der Waals surface area contributed by atoms with Crippen LogP contribution in [-0.2, 0) is 6.54 Å². The normalized spacial score (nSPS) is 20.9. The van der Waals surface area contributed by atoms with Gasteiger partial charge in [0.25, 0.3) is 0 Å². The van der Waals surface area contributed by atoms with Crippen molar-refractivity contribution in [3.63, 3.8) is 0 Å². The molecule has 0 bridgehead atoms. The lowest BCUT2D eigenvalue weighted by Gasteiger charge is -2.36. The fraction of sp³-hybridized carbons (Fsp3) is 0.368. The van der Waals surface area contributed by atoms with Gasteiger partial charge in [-0.2, -0.15) is 0 Å². The zero-order valence-electron chi connectivity index (χ0n) is 12.8. The largest absolute Gasteiger partial charge is 0.497 e. The van der Waals surface area contributed by atoms with Crippen LogP contribution in [0, 0.1) is 6.92 Å². The number of rotatable bonds is 5. The quantitative estimate of drug-likeness (QED) is 0.893. The minimum atomic E-state index is 0.651. The molecule has 1 N–H and O–H groups in total. The van der Waals surface area contributed by atoms with E-state index >= 15 is 0 Å². The molecule has 2 nitrogen and oxygen atoms in total. The molecule has 1 aliphatic rings. The van der Waals surface area contributed by atoms with E-state index in [4.69, 9.17) is 4.74 Å². The second-order valence-electron chi connectivity index (χ2n) is 6.01. The maximum Gasteiger partial charge on any atom is 0.118 e. The zero-order chi connectivity index (χ0) is 14.7. The summed E-state index contributed by atoms with van der Waals surface area (Å²) in [5.41, 5.74) is 4.14. The van der Waals surface area contributed by atoms with Crippen molar-refractivity contribution in [2.75, 3.05) is 7.11 Å². The lowest BCUT2D eigenvalue weighted by atomic mass is 9.76. The summed E-state index contributed by atoms with van der Waals surface area (Å²) in [6.07, 6.45) is 2.47. The van der Waals surface area contributed by atoms with Crippen molar-refractivity contribution in [2.45, 2.75) is 38.3 Å². The first-order valence-electron chi connectivity index (χ1n) is 7.67. The van der Waals surface area contributed by atoms with Gasteiger partial charge in [0.2, 0.25) is 0 Å². The van der Waals surface area contributed by atoms with Crippen LogP contribution in [0.5, 0.6) is 5.75 Å². The van der Waals surface area contributed by atoms with Crippen LogP contribution in [0.3, 0.4) is 0 Å². The van der Waals surface area contributed by atoms with Gasteiger partial charge in [-0.25, -0.2) is 0 Å². The molecular weight excluding hydrogens is 258 g/mol. The van der Waals surface area contributed by atoms with E-state index in [9.17, 15) is 0 Å². The molecule has 110 valence electrons. The van der Waals surface area contributed by atoms with Crippen molar-refractivity contribution in [2.24, 2.45) is 0 Å². The fourth-order valence-electron chi connectivity index (χ4n) is 3.02. The summed E-state index contributed by atoms with van der Waals surface area (Å²) < 4.78 is 5.21. The van der Waals surface area contributed by atoms with Gasteiger partial charge < -0.3 is 10.1 Å². The molecule has 3 rings (SSSR count). The summed E-state index contributed by atoms with van der Waals surface area (Å²) in [4.78, 5) is 0. The Balaban J connectivity index is 1.47. The highest BCUT2D eigenvalue weighted by molar-refractivity contribution is 5.31. The summed E-state index contributed by atoms with van der Waals surface area (Å²) in [7, 11) is 1.71. The Morgan fingerprint density at radius 2 is 1.86 bits per heavy atom. The highest BCUT2D eigenvalue weighted by Crippen LogP contribution is 2.37. The number of hydrogen-bond donors (Lipinski definition) is 1. The molecule has 2 aromatic rings. The van der Waals surface area contributed by atoms with E-state index in [1.54, 1.807) is 7.11 Å². The van der Waals surface area contributed by atoms with Gasteiger partial charge in [-0.1, -0.05) is 42.0 Å². The van der Waals surface area contributed by atoms with E-state index in [-0.39, 0.29) is 0 Å². The Labute approximate surface area is 127 Å². The molecule has 1 saturated carbocycles. The van der Waals surface area contributed by atoms with Crippen LogP contribution in [-0.4, -0.2) is 13.2 Å². The smallest absolute Gasteiger partial charge is 0.118 e. The fourth-order valence-corrected chi connectivity index (χ4v) is 3.02. The van der Waals surface area contributed by atoms with Crippen LogP contribution >= 0.6 is 0 Å². The average Bonchev–Trinajstić information content (AvgIpc) is 2.46. The maximum atomic E-state index is 5.21. The lowest BCUT2D eigenvalue weighted by Crippen LogP contribution is -2.39. The number of benzene rings is 2. The molecule has 0 aromatic heterocycles. The van der Waals surface area contributed by atoms with Crippen LogP contribution in [0.2, 0.25) is 0 Å². The van der Waals surface area contributed by atoms with Gasteiger partial charge in [0.05, 0.1) is 7.11 Å². The standard InChI is InChI=1S/C19H23NO/c1-14-4-3-5-15(10-14)13-20-18-11-17(12-18)16-6-8-19(21-2)9-7-16/h3-10,17-18,20H,11-13H2,1-2H3. The second kappa shape index (κ2) is 6.31. The highest BCUT2D eigenvalue weighted by atomic mass is 16.5. The summed E-state index contributed by atoms with van der Waals surface area (Å²) in [6, 6.07) is 17.9. The van der Waals surface area contributed by atoms with Crippen molar-refractivity contribution in [1.29, 1.82) is 0 Å². The molecule has 0 spiro atoms. The van der Waals surface area contributed by atoms with Crippen LogP contribution < -0.4 is 10.1 Å². The van der Waals surface area contributed by atoms with Crippen LogP contribution in [0.25, 0.3) is 0 Å². The molecular formula is C19H23NO. The Morgan fingerprint density at radius 1 is 1.10 bits per heavy atom. The average molecular weight is 281 g/mol. The van der Waals surface area contributed by atoms with Gasteiger partial charge in [-0.15, -0.1) is 0 Å². The third-order valence-electron chi connectivity index (χ3n) is 4.40. The van der Waals surface area contributed by atoms with Crippen molar-refractivity contribution >= 4 is 0 Å². The third-order valence-corrected chi connectivity index (χ3v) is 4.40. The van der Waals surface area contributed by atoms with Crippen molar-refractivity contribution in [3.05, 3.63) is 65.2 Å². The van der Waals surface area contributed by atoms with Gasteiger partial charge in [-0.05, 0) is 48.9 Å². The molecule has 0 radical (unpaired) electrons. The van der Waals surface area contributed by atoms with Gasteiger partial charge in [0.1, 0.15) is 5.75 Å². The number of aryl methyl sites for hydroxylation is 1. The number of ether oxygens (including phenoxy) is 1. The molecule has 21 heavy (non-hydrogen) atoms. The topological polar surface area (TPSA) is 21.3 Å². The van der Waals surface area contributed by atoms with E-state index in [1.165, 1.54) is 29.5 Å². The maximum absolute atomic E-state index is 5.21. The Kier molecular flexibility index (Phi) is 4.26. The summed E-state index contributed by atoms with van der Waals surface area (Å²) in [6.45, 7) is 3.12. The molecule has 0 unspecified atom stereocenters. The number of methoxy groups -OCH3 is 1. The Hall–Kier alpha value is -1.80. The second-order valence-corrected chi connectivity index (χ2v) is 6.01. The first kappa shape index (κ1) is 14.2. The minimum absolute atomic E-state index is 0.651. The van der Waals surface area contributed by atoms with Gasteiger partial charge >= 0.3 is 0 Å². The van der Waals surface area contributed by atoms with E-state index in [0.29, 0.717) is 12.0 Å². The third kappa shape index (κ3) is 3.45. The number of hydrogen-bond acceptors (Lipinski definition) is 2. The minimum Gasteiger partial charge on any atom is -0.497 e. The molecule has 2 aromatic carbocycles. The van der Waals surface area contributed by atoms with Crippen molar-refractivity contribution in [3.8, 4) is 5.75 Å². The summed E-state index contributed by atoms with van der Waals surface area (Å²) >= 11 is 0. The monoisotopic (exact) mass is 281 g/mol. The molecule has 1 aliphatic carbocycles. The number of nitrogens with one attached hydrogen (secondary N) is 1. The molecule has 2 heteroatoms. The zero-order valence-corrected chi connectivity index (χ0v) is 12.8. The van der Waals surface area contributed by atoms with E-state index in [1.807, 2.05) is 0 Å². The lowest BCUT2D eigenvalue weighted by molar-refractivity contribution is 0.289. The first-order chi connectivity index (χ1) is 10.2. The molecule has 1 fully saturated rings. The van der Waals surface area contributed by atoms with Crippen LogP contribution in [0.4, 0.5) is 0 Å². The molecule has 0 atom stereocenters. The predicted molar refractivity (Wildman–Crippen MR) is 86.8 cm³/mol. The Morgan fingerprint density at radius 3 is 2.52 bits per heavy atom. The highest BCUT2D eigenvalue weighted by Gasteiger charge is 2.29. The van der Waals surface area contributed by atoms with Gasteiger partial charge in [0.15, 0.2) is 0 Å². The SMILES string of the molecule is COc1ccc(C2CC(NCc3cccc(C)c3)C2)cc1. The van der Waals surface area contributed by atoms with Crippen LogP contribution in [0.15, 0.2) is 48.5 Å². The molecule has 0 saturated heterocycles. The van der Waals surface area contributed by atoms with Gasteiger partial charge in [0, 0.05) is 12.6 Å². The summed E-state index contributed by atoms with van der Waals surface area (Å²) in [5, 5.41) is 3.66. The Bertz CT molecular complexity index is 585. The van der Waals surface area contributed by atoms with E-state index < -0.39 is 0 Å². The van der Waals surface area contributed by atoms with Crippen molar-refractivity contribution < 1.29 is 4.74 Å². The molecule has 0 aliphatic heterocycles. The predicted octanol–water partition coefficient (Wildman–Crippen LogP) is 4.04. The summed E-state index contributed by atoms with van der Waals surface area (Å²) in [5.74, 6) is 1.64. The molecule has 0 amide bonds. The van der Waals surface area contributed by atoms with Crippen LogP contribution in [0.1, 0.15) is 35.4 Å².